The lowest BCUT2D eigenvalue weighted by Crippen LogP contribution is -2.17. The average molecular weight is 274 g/mol. The molecule has 0 aliphatic heterocycles. The molecule has 0 saturated carbocycles. The highest BCUT2D eigenvalue weighted by Gasteiger charge is 2.15. The Hall–Kier alpha value is -2.21. The quantitative estimate of drug-likeness (QED) is 0.661. The highest BCUT2D eigenvalue weighted by molar-refractivity contribution is 7.17. The molecule has 2 rings (SSSR count). The molecule has 0 radical (unpaired) electrons. The van der Waals surface area contributed by atoms with Crippen molar-refractivity contribution in [3.63, 3.8) is 0 Å². The van der Waals surface area contributed by atoms with E-state index in [-0.39, 0.29) is 5.91 Å². The van der Waals surface area contributed by atoms with Crippen molar-refractivity contribution in [3.8, 4) is 0 Å². The maximum absolute atomic E-state index is 11.9. The number of aryl methyl sites for hydroxylation is 1. The summed E-state index contributed by atoms with van der Waals surface area (Å²) in [6, 6.07) is 9.53. The van der Waals surface area contributed by atoms with Gasteiger partial charge in [-0.05, 0) is 12.0 Å². The highest BCUT2D eigenvalue weighted by Crippen LogP contribution is 2.20. The minimum absolute atomic E-state index is 0.279. The van der Waals surface area contributed by atoms with Crippen molar-refractivity contribution in [2.24, 2.45) is 5.10 Å². The van der Waals surface area contributed by atoms with Gasteiger partial charge in [-0.3, -0.25) is 4.79 Å². The number of aromatic nitrogens is 1. The number of nitrogen functional groups attached to an aromatic ring is 1. The number of hydrazone groups is 1. The van der Waals surface area contributed by atoms with Gasteiger partial charge in [0.15, 0.2) is 5.13 Å². The summed E-state index contributed by atoms with van der Waals surface area (Å²) >= 11 is 1.17. The van der Waals surface area contributed by atoms with E-state index in [9.17, 15) is 4.79 Å². The molecule has 0 unspecified atom stereocenters. The lowest BCUT2D eigenvalue weighted by atomic mass is 10.2. The Kier molecular flexibility index (Phi) is 4.25. The Morgan fingerprint density at radius 3 is 2.89 bits per heavy atom. The molecule has 0 fully saturated rings. The minimum Gasteiger partial charge on any atom is -0.375 e. The largest absolute Gasteiger partial charge is 0.375 e. The Labute approximate surface area is 115 Å². The zero-order valence-corrected chi connectivity index (χ0v) is 11.3. The Bertz CT molecular complexity index is 592. The molecular formula is C13H14N4OS. The molecule has 0 aliphatic carbocycles. The van der Waals surface area contributed by atoms with Gasteiger partial charge in [-0.25, -0.2) is 10.4 Å². The maximum atomic E-state index is 11.9. The molecule has 1 aromatic heterocycles. The van der Waals surface area contributed by atoms with E-state index in [1.807, 2.05) is 37.3 Å². The number of amides is 1. The fourth-order valence-corrected chi connectivity index (χ4v) is 2.35. The molecular weight excluding hydrogens is 260 g/mol. The summed E-state index contributed by atoms with van der Waals surface area (Å²) in [6.07, 6.45) is 2.26. The molecule has 1 amide bonds. The standard InChI is InChI=1S/C13H14N4OS/c1-2-10-11(19-13(14)16-10)12(18)17-15-8-9-6-4-3-5-7-9/h3-8H,2H2,1H3,(H2,14,16)(H,17,18). The maximum Gasteiger partial charge on any atom is 0.283 e. The van der Waals surface area contributed by atoms with E-state index in [0.717, 1.165) is 5.56 Å². The normalized spacial score (nSPS) is 10.8. The molecule has 0 atom stereocenters. The Balaban J connectivity index is 2.03. The van der Waals surface area contributed by atoms with Gasteiger partial charge >= 0.3 is 0 Å². The van der Waals surface area contributed by atoms with E-state index in [1.54, 1.807) is 6.21 Å². The van der Waals surface area contributed by atoms with Crippen LogP contribution in [0.2, 0.25) is 0 Å². The number of rotatable bonds is 4. The van der Waals surface area contributed by atoms with Crippen LogP contribution in [0.25, 0.3) is 0 Å². The van der Waals surface area contributed by atoms with Crippen molar-refractivity contribution in [1.82, 2.24) is 10.4 Å². The lowest BCUT2D eigenvalue weighted by molar-refractivity contribution is 0.0958. The van der Waals surface area contributed by atoms with Crippen molar-refractivity contribution < 1.29 is 4.79 Å². The highest BCUT2D eigenvalue weighted by atomic mass is 32.1. The minimum atomic E-state index is -0.279. The second-order valence-electron chi connectivity index (χ2n) is 3.79. The molecule has 2 aromatic rings. The van der Waals surface area contributed by atoms with Crippen LogP contribution in [0.3, 0.4) is 0 Å². The van der Waals surface area contributed by atoms with Crippen LogP contribution < -0.4 is 11.2 Å². The number of thiazole rings is 1. The van der Waals surface area contributed by atoms with Crippen molar-refractivity contribution in [1.29, 1.82) is 0 Å². The first kappa shape index (κ1) is 13.2. The summed E-state index contributed by atoms with van der Waals surface area (Å²) in [5.41, 5.74) is 9.70. The average Bonchev–Trinajstić information content (AvgIpc) is 2.81. The predicted molar refractivity (Wildman–Crippen MR) is 77.4 cm³/mol. The number of nitrogens with two attached hydrogens (primary N) is 1. The zero-order valence-electron chi connectivity index (χ0n) is 10.5. The van der Waals surface area contributed by atoms with Gasteiger partial charge in [0, 0.05) is 0 Å². The van der Waals surface area contributed by atoms with Gasteiger partial charge in [0.2, 0.25) is 0 Å². The molecule has 98 valence electrons. The summed E-state index contributed by atoms with van der Waals surface area (Å²) in [5.74, 6) is -0.279. The second-order valence-corrected chi connectivity index (χ2v) is 4.82. The first-order valence-electron chi connectivity index (χ1n) is 5.84. The van der Waals surface area contributed by atoms with Crippen LogP contribution in [-0.2, 0) is 6.42 Å². The molecule has 0 saturated heterocycles. The fraction of sp³-hybridized carbons (Fsp3) is 0.154. The van der Waals surface area contributed by atoms with Crippen LogP contribution >= 0.6 is 11.3 Å². The molecule has 0 spiro atoms. The third-order valence-corrected chi connectivity index (χ3v) is 3.36. The van der Waals surface area contributed by atoms with Crippen LogP contribution in [-0.4, -0.2) is 17.1 Å². The Morgan fingerprint density at radius 1 is 1.47 bits per heavy atom. The van der Waals surface area contributed by atoms with Crippen molar-refractivity contribution >= 4 is 28.6 Å². The fourth-order valence-electron chi connectivity index (χ4n) is 1.54. The van der Waals surface area contributed by atoms with Gasteiger partial charge < -0.3 is 5.73 Å². The molecule has 0 bridgehead atoms. The summed E-state index contributed by atoms with van der Waals surface area (Å²) in [6.45, 7) is 1.93. The number of hydrogen-bond acceptors (Lipinski definition) is 5. The molecule has 5 nitrogen and oxygen atoms in total. The first-order chi connectivity index (χ1) is 9.20. The number of anilines is 1. The molecule has 6 heteroatoms. The van der Waals surface area contributed by atoms with E-state index >= 15 is 0 Å². The van der Waals surface area contributed by atoms with Crippen LogP contribution in [0.4, 0.5) is 5.13 Å². The lowest BCUT2D eigenvalue weighted by Gasteiger charge is -1.98. The SMILES string of the molecule is CCc1nc(N)sc1C(=O)NN=Cc1ccccc1. The number of carbonyl (C=O) groups is 1. The molecule has 19 heavy (non-hydrogen) atoms. The van der Waals surface area contributed by atoms with E-state index in [4.69, 9.17) is 5.73 Å². The van der Waals surface area contributed by atoms with Crippen molar-refractivity contribution in [2.75, 3.05) is 5.73 Å². The second kappa shape index (κ2) is 6.10. The number of carbonyl (C=O) groups excluding carboxylic acids is 1. The third-order valence-electron chi connectivity index (χ3n) is 2.43. The van der Waals surface area contributed by atoms with Gasteiger partial charge in [-0.2, -0.15) is 5.10 Å². The summed E-state index contributed by atoms with van der Waals surface area (Å²) in [7, 11) is 0. The Morgan fingerprint density at radius 2 is 2.21 bits per heavy atom. The number of benzene rings is 1. The van der Waals surface area contributed by atoms with E-state index < -0.39 is 0 Å². The van der Waals surface area contributed by atoms with Crippen molar-refractivity contribution in [2.45, 2.75) is 13.3 Å². The topological polar surface area (TPSA) is 80.4 Å². The van der Waals surface area contributed by atoms with Gasteiger partial charge in [-0.1, -0.05) is 48.6 Å². The van der Waals surface area contributed by atoms with Gasteiger partial charge in [0.1, 0.15) is 4.88 Å². The number of nitrogens with zero attached hydrogens (tertiary/aromatic N) is 2. The number of nitrogens with one attached hydrogen (secondary N) is 1. The molecule has 1 heterocycles. The number of hydrogen-bond donors (Lipinski definition) is 2. The van der Waals surface area contributed by atoms with Crippen LogP contribution in [0.1, 0.15) is 27.9 Å². The van der Waals surface area contributed by atoms with Crippen molar-refractivity contribution in [3.05, 3.63) is 46.5 Å². The van der Waals surface area contributed by atoms with Crippen LogP contribution in [0, 0.1) is 0 Å². The van der Waals surface area contributed by atoms with E-state index in [2.05, 4.69) is 15.5 Å². The smallest absolute Gasteiger partial charge is 0.283 e. The van der Waals surface area contributed by atoms with Gasteiger partial charge in [0.25, 0.3) is 5.91 Å². The zero-order chi connectivity index (χ0) is 13.7. The van der Waals surface area contributed by atoms with E-state index in [1.165, 1.54) is 11.3 Å². The molecule has 0 aliphatic rings. The summed E-state index contributed by atoms with van der Waals surface area (Å²) in [5, 5.41) is 4.31. The first-order valence-corrected chi connectivity index (χ1v) is 6.66. The molecule has 3 N–H and O–H groups in total. The summed E-state index contributed by atoms with van der Waals surface area (Å²) in [4.78, 5) is 16.5. The van der Waals surface area contributed by atoms with Gasteiger partial charge in [0.05, 0.1) is 11.9 Å². The van der Waals surface area contributed by atoms with Gasteiger partial charge in [-0.15, -0.1) is 0 Å². The summed E-state index contributed by atoms with van der Waals surface area (Å²) < 4.78 is 0. The monoisotopic (exact) mass is 274 g/mol. The predicted octanol–water partition coefficient (Wildman–Crippen LogP) is 2.05. The third kappa shape index (κ3) is 3.38. The van der Waals surface area contributed by atoms with Crippen LogP contribution in [0.15, 0.2) is 35.4 Å². The van der Waals surface area contributed by atoms with E-state index in [0.29, 0.717) is 22.1 Å². The van der Waals surface area contributed by atoms with Crippen LogP contribution in [0.5, 0.6) is 0 Å². The molecule has 1 aromatic carbocycles.